The van der Waals surface area contributed by atoms with Gasteiger partial charge in [0.15, 0.2) is 0 Å². The Labute approximate surface area is 126 Å². The quantitative estimate of drug-likeness (QED) is 0.648. The first-order valence-corrected chi connectivity index (χ1v) is 6.46. The Morgan fingerprint density at radius 3 is 2.36 bits per heavy atom. The topological polar surface area (TPSA) is 55.4 Å². The molecule has 7 heteroatoms. The molecule has 0 radical (unpaired) electrons. The second-order valence-corrected chi connectivity index (χ2v) is 4.49. The summed E-state index contributed by atoms with van der Waals surface area (Å²) in [4.78, 5) is 23.5. The van der Waals surface area contributed by atoms with Crippen LogP contribution in [0, 0.1) is 0 Å². The lowest BCUT2D eigenvalue weighted by Crippen LogP contribution is -2.41. The third-order valence-electron chi connectivity index (χ3n) is 2.92. The zero-order valence-corrected chi connectivity index (χ0v) is 11.9. The van der Waals surface area contributed by atoms with Gasteiger partial charge in [0.1, 0.15) is 6.04 Å². The predicted octanol–water partition coefficient (Wildman–Crippen LogP) is 2.94. The van der Waals surface area contributed by atoms with Crippen LogP contribution in [-0.4, -0.2) is 25.0 Å². The van der Waals surface area contributed by atoms with Gasteiger partial charge < -0.3 is 10.1 Å². The van der Waals surface area contributed by atoms with Crippen LogP contribution in [0.25, 0.3) is 0 Å². The van der Waals surface area contributed by atoms with Crippen molar-refractivity contribution in [3.63, 3.8) is 0 Å². The molecule has 1 rings (SSSR count). The van der Waals surface area contributed by atoms with Crippen LogP contribution in [0.3, 0.4) is 0 Å². The van der Waals surface area contributed by atoms with Gasteiger partial charge in [0.05, 0.1) is 12.7 Å². The molecule has 0 aliphatic heterocycles. The van der Waals surface area contributed by atoms with E-state index in [0.717, 1.165) is 24.3 Å². The maximum absolute atomic E-state index is 12.5. The first-order valence-electron chi connectivity index (χ1n) is 6.46. The van der Waals surface area contributed by atoms with Crippen LogP contribution in [0.5, 0.6) is 0 Å². The van der Waals surface area contributed by atoms with E-state index >= 15 is 0 Å². The molecule has 1 amide bonds. The standard InChI is InChI=1S/C15H16F3NO3/c1-3-4-5-12(14(21)22-2)19-13(20)10-6-8-11(9-7-10)15(16,17)18/h3,6-9,12H,1,4-5H2,2H3,(H,19,20)/t12-/m1/s1. The number of esters is 1. The van der Waals surface area contributed by atoms with E-state index in [1.54, 1.807) is 6.08 Å². The van der Waals surface area contributed by atoms with E-state index in [1.807, 2.05) is 0 Å². The van der Waals surface area contributed by atoms with Gasteiger partial charge in [0.2, 0.25) is 0 Å². The molecule has 0 aromatic heterocycles. The Morgan fingerprint density at radius 1 is 1.32 bits per heavy atom. The Hall–Kier alpha value is -2.31. The van der Waals surface area contributed by atoms with Crippen molar-refractivity contribution >= 4 is 11.9 Å². The van der Waals surface area contributed by atoms with Crippen molar-refractivity contribution < 1.29 is 27.5 Å². The predicted molar refractivity (Wildman–Crippen MR) is 74.1 cm³/mol. The molecule has 0 aliphatic rings. The number of benzene rings is 1. The van der Waals surface area contributed by atoms with E-state index in [2.05, 4.69) is 16.6 Å². The summed E-state index contributed by atoms with van der Waals surface area (Å²) in [6.45, 7) is 3.52. The molecule has 1 N–H and O–H groups in total. The normalized spacial score (nSPS) is 12.4. The molecule has 0 unspecified atom stereocenters. The molecule has 120 valence electrons. The average molecular weight is 315 g/mol. The van der Waals surface area contributed by atoms with Gasteiger partial charge in [-0.05, 0) is 37.1 Å². The Balaban J connectivity index is 2.81. The number of alkyl halides is 3. The highest BCUT2D eigenvalue weighted by Crippen LogP contribution is 2.29. The number of halogens is 3. The number of hydrogen-bond acceptors (Lipinski definition) is 3. The summed E-state index contributed by atoms with van der Waals surface area (Å²) in [6, 6.07) is 2.86. The summed E-state index contributed by atoms with van der Waals surface area (Å²) in [7, 11) is 1.19. The van der Waals surface area contributed by atoms with Crippen LogP contribution in [0.1, 0.15) is 28.8 Å². The number of rotatable bonds is 6. The van der Waals surface area contributed by atoms with E-state index in [1.165, 1.54) is 7.11 Å². The highest BCUT2D eigenvalue weighted by Gasteiger charge is 2.30. The number of carbonyl (C=O) groups excluding carboxylic acids is 2. The molecule has 0 heterocycles. The SMILES string of the molecule is C=CCC[C@@H](NC(=O)c1ccc(C(F)(F)F)cc1)C(=O)OC. The summed E-state index contributed by atoms with van der Waals surface area (Å²) in [5, 5.41) is 2.43. The molecule has 0 fully saturated rings. The summed E-state index contributed by atoms with van der Waals surface area (Å²) < 4.78 is 41.9. The molecule has 0 saturated heterocycles. The van der Waals surface area contributed by atoms with E-state index in [0.29, 0.717) is 12.8 Å². The van der Waals surface area contributed by atoms with Crippen molar-refractivity contribution in [3.8, 4) is 0 Å². The van der Waals surface area contributed by atoms with Gasteiger partial charge in [0, 0.05) is 5.56 Å². The minimum Gasteiger partial charge on any atom is -0.467 e. The van der Waals surface area contributed by atoms with E-state index in [4.69, 9.17) is 0 Å². The Morgan fingerprint density at radius 2 is 1.91 bits per heavy atom. The largest absolute Gasteiger partial charge is 0.467 e. The molecule has 0 bridgehead atoms. The third kappa shape index (κ3) is 4.91. The van der Waals surface area contributed by atoms with Crippen molar-refractivity contribution in [2.75, 3.05) is 7.11 Å². The lowest BCUT2D eigenvalue weighted by atomic mass is 10.1. The molecule has 0 aliphatic carbocycles. The number of methoxy groups -OCH3 is 1. The second kappa shape index (κ2) is 7.63. The minimum absolute atomic E-state index is 0.0282. The van der Waals surface area contributed by atoms with Crippen molar-refractivity contribution in [1.29, 1.82) is 0 Å². The molecule has 1 aromatic carbocycles. The highest BCUT2D eigenvalue weighted by atomic mass is 19.4. The van der Waals surface area contributed by atoms with E-state index in [-0.39, 0.29) is 5.56 Å². The maximum Gasteiger partial charge on any atom is 0.416 e. The van der Waals surface area contributed by atoms with Gasteiger partial charge in [-0.25, -0.2) is 4.79 Å². The van der Waals surface area contributed by atoms with Crippen LogP contribution in [0.2, 0.25) is 0 Å². The van der Waals surface area contributed by atoms with E-state index < -0.39 is 29.7 Å². The first-order chi connectivity index (χ1) is 10.3. The molecule has 1 aromatic rings. The molecular formula is C15H16F3NO3. The fraction of sp³-hybridized carbons (Fsp3) is 0.333. The summed E-state index contributed by atoms with van der Waals surface area (Å²) in [5.74, 6) is -1.27. The van der Waals surface area contributed by atoms with Gasteiger partial charge in [-0.3, -0.25) is 4.79 Å². The number of amides is 1. The van der Waals surface area contributed by atoms with Gasteiger partial charge in [-0.15, -0.1) is 6.58 Å². The Bertz CT molecular complexity index is 538. The fourth-order valence-electron chi connectivity index (χ4n) is 1.73. The Kier molecular flexibility index (Phi) is 6.15. The number of hydrogen-bond donors (Lipinski definition) is 1. The summed E-state index contributed by atoms with van der Waals surface area (Å²) in [5.41, 5.74) is -0.819. The monoisotopic (exact) mass is 315 g/mol. The summed E-state index contributed by atoms with van der Waals surface area (Å²) in [6.07, 6.45) is -2.11. The van der Waals surface area contributed by atoms with Crippen molar-refractivity contribution in [3.05, 3.63) is 48.0 Å². The van der Waals surface area contributed by atoms with Crippen molar-refractivity contribution in [2.24, 2.45) is 0 Å². The van der Waals surface area contributed by atoms with Gasteiger partial charge in [-0.2, -0.15) is 13.2 Å². The lowest BCUT2D eigenvalue weighted by Gasteiger charge is -2.16. The van der Waals surface area contributed by atoms with Crippen LogP contribution in [0.4, 0.5) is 13.2 Å². The average Bonchev–Trinajstić information content (AvgIpc) is 2.49. The zero-order valence-electron chi connectivity index (χ0n) is 11.9. The van der Waals surface area contributed by atoms with Crippen LogP contribution in [-0.2, 0) is 15.7 Å². The molecule has 4 nitrogen and oxygen atoms in total. The van der Waals surface area contributed by atoms with Crippen LogP contribution >= 0.6 is 0 Å². The van der Waals surface area contributed by atoms with E-state index in [9.17, 15) is 22.8 Å². The third-order valence-corrected chi connectivity index (χ3v) is 2.92. The van der Waals surface area contributed by atoms with Crippen LogP contribution < -0.4 is 5.32 Å². The smallest absolute Gasteiger partial charge is 0.416 e. The van der Waals surface area contributed by atoms with Crippen molar-refractivity contribution in [1.82, 2.24) is 5.32 Å². The molecule has 0 saturated carbocycles. The number of nitrogens with one attached hydrogen (secondary N) is 1. The molecule has 0 spiro atoms. The zero-order chi connectivity index (χ0) is 16.8. The van der Waals surface area contributed by atoms with Gasteiger partial charge in [-0.1, -0.05) is 6.08 Å². The molecule has 1 atom stereocenters. The number of allylic oxidation sites excluding steroid dienone is 1. The fourth-order valence-corrected chi connectivity index (χ4v) is 1.73. The second-order valence-electron chi connectivity index (χ2n) is 4.49. The number of carbonyl (C=O) groups is 2. The van der Waals surface area contributed by atoms with Gasteiger partial charge in [0.25, 0.3) is 5.91 Å². The lowest BCUT2D eigenvalue weighted by molar-refractivity contribution is -0.143. The minimum atomic E-state index is -4.46. The first kappa shape index (κ1) is 17.7. The van der Waals surface area contributed by atoms with Crippen LogP contribution in [0.15, 0.2) is 36.9 Å². The summed E-state index contributed by atoms with van der Waals surface area (Å²) >= 11 is 0. The molecular weight excluding hydrogens is 299 g/mol. The van der Waals surface area contributed by atoms with Gasteiger partial charge >= 0.3 is 12.1 Å². The molecule has 22 heavy (non-hydrogen) atoms. The number of ether oxygens (including phenoxy) is 1. The maximum atomic E-state index is 12.5. The van der Waals surface area contributed by atoms with Crippen molar-refractivity contribution in [2.45, 2.75) is 25.1 Å². The highest BCUT2D eigenvalue weighted by molar-refractivity contribution is 5.96.